The fourth-order valence-corrected chi connectivity index (χ4v) is 5.12. The van der Waals surface area contributed by atoms with Crippen molar-refractivity contribution in [2.45, 2.75) is 37.1 Å². The minimum absolute atomic E-state index is 0.264. The van der Waals surface area contributed by atoms with E-state index in [9.17, 15) is 8.42 Å². The van der Waals surface area contributed by atoms with E-state index in [2.05, 4.69) is 0 Å². The number of hydrogen-bond donors (Lipinski definition) is 0. The molecule has 0 N–H and O–H groups in total. The van der Waals surface area contributed by atoms with Crippen LogP contribution in [-0.2, 0) is 10.0 Å². The van der Waals surface area contributed by atoms with E-state index in [1.165, 1.54) is 0 Å². The molecule has 1 aliphatic heterocycles. The van der Waals surface area contributed by atoms with E-state index in [4.69, 9.17) is 9.47 Å². The quantitative estimate of drug-likeness (QED) is 0.795. The lowest BCUT2D eigenvalue weighted by Gasteiger charge is -2.35. The van der Waals surface area contributed by atoms with Gasteiger partial charge in [0.1, 0.15) is 11.5 Å². The van der Waals surface area contributed by atoms with Gasteiger partial charge in [-0.05, 0) is 50.1 Å². The molecular formula is C20H25NO4S. The van der Waals surface area contributed by atoms with Gasteiger partial charge < -0.3 is 9.47 Å². The second-order valence-corrected chi connectivity index (χ2v) is 8.44. The standard InChI is InChI=1S/C20H25NO4S/c1-15-7-10-17(11-8-15)26(22,23)21-13-5-4-6-19(21)18-14-16(24-2)9-12-20(18)25-3/h7-12,14,19H,4-6,13H2,1-3H3/t19-/m0/s1. The van der Waals surface area contributed by atoms with Gasteiger partial charge >= 0.3 is 0 Å². The first-order chi connectivity index (χ1) is 12.5. The van der Waals surface area contributed by atoms with E-state index in [0.717, 1.165) is 30.4 Å². The first-order valence-electron chi connectivity index (χ1n) is 8.78. The van der Waals surface area contributed by atoms with Gasteiger partial charge in [0.05, 0.1) is 25.2 Å². The summed E-state index contributed by atoms with van der Waals surface area (Å²) in [6.45, 7) is 2.45. The summed E-state index contributed by atoms with van der Waals surface area (Å²) in [5, 5.41) is 0. The van der Waals surface area contributed by atoms with Gasteiger partial charge in [-0.1, -0.05) is 24.1 Å². The molecule has 0 bridgehead atoms. The summed E-state index contributed by atoms with van der Waals surface area (Å²) < 4.78 is 39.0. The SMILES string of the molecule is COc1ccc(OC)c([C@@H]2CCCCN2S(=O)(=O)c2ccc(C)cc2)c1. The third kappa shape index (κ3) is 3.57. The molecule has 140 valence electrons. The van der Waals surface area contributed by atoms with E-state index in [1.54, 1.807) is 30.7 Å². The molecule has 0 saturated carbocycles. The number of benzene rings is 2. The maximum Gasteiger partial charge on any atom is 0.243 e. The topological polar surface area (TPSA) is 55.8 Å². The highest BCUT2D eigenvalue weighted by Gasteiger charge is 2.36. The first-order valence-corrected chi connectivity index (χ1v) is 10.2. The molecule has 0 unspecified atom stereocenters. The summed E-state index contributed by atoms with van der Waals surface area (Å²) in [6, 6.07) is 12.3. The highest BCUT2D eigenvalue weighted by Crippen LogP contribution is 2.40. The van der Waals surface area contributed by atoms with Crippen molar-refractivity contribution in [3.05, 3.63) is 53.6 Å². The summed E-state index contributed by atoms with van der Waals surface area (Å²) >= 11 is 0. The number of methoxy groups -OCH3 is 2. The molecule has 2 aromatic rings. The predicted octanol–water partition coefficient (Wildman–Crippen LogP) is 3.93. The fraction of sp³-hybridized carbons (Fsp3) is 0.400. The highest BCUT2D eigenvalue weighted by molar-refractivity contribution is 7.89. The Morgan fingerprint density at radius 3 is 2.38 bits per heavy atom. The van der Waals surface area contributed by atoms with Crippen LogP contribution in [0.5, 0.6) is 11.5 Å². The largest absolute Gasteiger partial charge is 0.497 e. The van der Waals surface area contributed by atoms with E-state index < -0.39 is 10.0 Å². The van der Waals surface area contributed by atoms with Crippen LogP contribution in [0, 0.1) is 6.92 Å². The number of rotatable bonds is 5. The normalized spacial score (nSPS) is 18.5. The van der Waals surface area contributed by atoms with Crippen molar-refractivity contribution in [1.82, 2.24) is 4.31 Å². The third-order valence-electron chi connectivity index (χ3n) is 4.88. The van der Waals surface area contributed by atoms with Crippen LogP contribution < -0.4 is 9.47 Å². The van der Waals surface area contributed by atoms with Gasteiger partial charge in [0.15, 0.2) is 0 Å². The molecule has 0 aromatic heterocycles. The Morgan fingerprint density at radius 2 is 1.73 bits per heavy atom. The molecule has 3 rings (SSSR count). The number of hydrogen-bond acceptors (Lipinski definition) is 4. The summed E-state index contributed by atoms with van der Waals surface area (Å²) in [5.41, 5.74) is 1.89. The Hall–Kier alpha value is -2.05. The van der Waals surface area contributed by atoms with Crippen LogP contribution in [0.15, 0.2) is 47.4 Å². The Labute approximate surface area is 155 Å². The Kier molecular flexibility index (Phi) is 5.53. The molecule has 1 saturated heterocycles. The van der Waals surface area contributed by atoms with Crippen molar-refractivity contribution in [1.29, 1.82) is 0 Å². The van der Waals surface area contributed by atoms with Crippen LogP contribution in [0.3, 0.4) is 0 Å². The van der Waals surface area contributed by atoms with Crippen LogP contribution >= 0.6 is 0 Å². The Bertz CT molecular complexity index is 862. The van der Waals surface area contributed by atoms with Crippen molar-refractivity contribution in [3.8, 4) is 11.5 Å². The molecule has 0 spiro atoms. The average molecular weight is 375 g/mol. The highest BCUT2D eigenvalue weighted by atomic mass is 32.2. The van der Waals surface area contributed by atoms with Crippen LogP contribution in [0.2, 0.25) is 0 Å². The lowest BCUT2D eigenvalue weighted by molar-refractivity contribution is 0.249. The van der Waals surface area contributed by atoms with E-state index >= 15 is 0 Å². The zero-order chi connectivity index (χ0) is 18.7. The van der Waals surface area contributed by atoms with E-state index in [-0.39, 0.29) is 6.04 Å². The number of ether oxygens (including phenoxy) is 2. The molecule has 5 nitrogen and oxygen atoms in total. The summed E-state index contributed by atoms with van der Waals surface area (Å²) in [6.07, 6.45) is 2.59. The van der Waals surface area contributed by atoms with Gasteiger partial charge in [-0.15, -0.1) is 0 Å². The van der Waals surface area contributed by atoms with Crippen LogP contribution in [0.1, 0.15) is 36.4 Å². The molecule has 0 amide bonds. The van der Waals surface area contributed by atoms with Gasteiger partial charge in [-0.25, -0.2) is 8.42 Å². The maximum atomic E-state index is 13.3. The molecule has 1 aliphatic rings. The predicted molar refractivity (Wildman–Crippen MR) is 101 cm³/mol. The maximum absolute atomic E-state index is 13.3. The van der Waals surface area contributed by atoms with Gasteiger partial charge in [0.2, 0.25) is 10.0 Å². The number of aryl methyl sites for hydroxylation is 1. The van der Waals surface area contributed by atoms with Crippen LogP contribution in [-0.4, -0.2) is 33.5 Å². The second kappa shape index (κ2) is 7.68. The molecule has 26 heavy (non-hydrogen) atoms. The zero-order valence-electron chi connectivity index (χ0n) is 15.4. The monoisotopic (exact) mass is 375 g/mol. The van der Waals surface area contributed by atoms with E-state index in [1.807, 2.05) is 37.3 Å². The number of nitrogens with zero attached hydrogens (tertiary/aromatic N) is 1. The van der Waals surface area contributed by atoms with Crippen molar-refractivity contribution in [3.63, 3.8) is 0 Å². The van der Waals surface area contributed by atoms with Crippen molar-refractivity contribution < 1.29 is 17.9 Å². The molecule has 0 aliphatic carbocycles. The molecule has 1 atom stereocenters. The Morgan fingerprint density at radius 1 is 1.00 bits per heavy atom. The van der Waals surface area contributed by atoms with Gasteiger partial charge in [-0.2, -0.15) is 4.31 Å². The molecular weight excluding hydrogens is 350 g/mol. The number of piperidine rings is 1. The summed E-state index contributed by atoms with van der Waals surface area (Å²) in [4.78, 5) is 0.330. The zero-order valence-corrected chi connectivity index (χ0v) is 16.3. The summed E-state index contributed by atoms with van der Waals surface area (Å²) in [5.74, 6) is 1.38. The Balaban J connectivity index is 2.05. The second-order valence-electron chi connectivity index (χ2n) is 6.55. The van der Waals surface area contributed by atoms with Crippen LogP contribution in [0.25, 0.3) is 0 Å². The molecule has 1 fully saturated rings. The van der Waals surface area contributed by atoms with Crippen molar-refractivity contribution in [2.24, 2.45) is 0 Å². The smallest absolute Gasteiger partial charge is 0.243 e. The number of sulfonamides is 1. The van der Waals surface area contributed by atoms with E-state index in [0.29, 0.717) is 22.9 Å². The van der Waals surface area contributed by atoms with Gasteiger partial charge in [0.25, 0.3) is 0 Å². The van der Waals surface area contributed by atoms with Gasteiger partial charge in [0, 0.05) is 12.1 Å². The van der Waals surface area contributed by atoms with Crippen LogP contribution in [0.4, 0.5) is 0 Å². The minimum atomic E-state index is -3.58. The first kappa shape index (κ1) is 18.7. The minimum Gasteiger partial charge on any atom is -0.497 e. The lowest BCUT2D eigenvalue weighted by Crippen LogP contribution is -2.38. The fourth-order valence-electron chi connectivity index (χ4n) is 3.45. The third-order valence-corrected chi connectivity index (χ3v) is 6.80. The molecule has 0 radical (unpaired) electrons. The summed E-state index contributed by atoms with van der Waals surface area (Å²) in [7, 11) is -0.375. The average Bonchev–Trinajstić information content (AvgIpc) is 2.67. The van der Waals surface area contributed by atoms with Crippen molar-refractivity contribution >= 4 is 10.0 Å². The van der Waals surface area contributed by atoms with Crippen molar-refractivity contribution in [2.75, 3.05) is 20.8 Å². The van der Waals surface area contributed by atoms with Gasteiger partial charge in [-0.3, -0.25) is 0 Å². The molecule has 1 heterocycles. The molecule has 2 aromatic carbocycles. The molecule has 6 heteroatoms. The lowest BCUT2D eigenvalue weighted by atomic mass is 9.96.